The number of aryl methyl sites for hydroxylation is 1. The van der Waals surface area contributed by atoms with E-state index in [1.54, 1.807) is 0 Å². The second-order valence-electron chi connectivity index (χ2n) is 5.98. The number of anilines is 1. The molecule has 19 heavy (non-hydrogen) atoms. The Kier molecular flexibility index (Phi) is 3.83. The summed E-state index contributed by atoms with van der Waals surface area (Å²) in [6.07, 6.45) is 3.04. The first-order chi connectivity index (χ1) is 8.95. The molecule has 1 aromatic carbocycles. The van der Waals surface area contributed by atoms with E-state index in [-0.39, 0.29) is 11.8 Å². The number of primary amides is 1. The van der Waals surface area contributed by atoms with Crippen molar-refractivity contribution < 1.29 is 4.79 Å². The van der Waals surface area contributed by atoms with Crippen molar-refractivity contribution in [3.8, 4) is 0 Å². The predicted octanol–water partition coefficient (Wildman–Crippen LogP) is 3.09. The zero-order valence-corrected chi connectivity index (χ0v) is 12.1. The van der Waals surface area contributed by atoms with Crippen LogP contribution in [0, 0.1) is 18.8 Å². The number of hydrogen-bond donors (Lipinski definition) is 2. The third-order valence-corrected chi connectivity index (χ3v) is 4.72. The molecule has 0 bridgehead atoms. The average Bonchev–Trinajstić information content (AvgIpc) is 2.37. The van der Waals surface area contributed by atoms with Gasteiger partial charge in [-0.2, -0.15) is 0 Å². The first-order valence-electron chi connectivity index (χ1n) is 7.10. The highest BCUT2D eigenvalue weighted by atomic mass is 16.1. The van der Waals surface area contributed by atoms with Crippen molar-refractivity contribution in [1.82, 2.24) is 0 Å². The molecule has 0 radical (unpaired) electrons. The quantitative estimate of drug-likeness (QED) is 0.877. The number of amides is 1. The average molecular weight is 260 g/mol. The Labute approximate surface area is 115 Å². The van der Waals surface area contributed by atoms with Crippen LogP contribution in [0.5, 0.6) is 0 Å². The van der Waals surface area contributed by atoms with Gasteiger partial charge in [0.05, 0.1) is 0 Å². The molecule has 1 amide bonds. The maximum atomic E-state index is 12.1. The molecule has 0 aromatic heterocycles. The van der Waals surface area contributed by atoms with Gasteiger partial charge in [-0.15, -0.1) is 0 Å². The highest BCUT2D eigenvalue weighted by Crippen LogP contribution is 2.39. The van der Waals surface area contributed by atoms with Crippen LogP contribution in [0.25, 0.3) is 0 Å². The van der Waals surface area contributed by atoms with Gasteiger partial charge in [-0.25, -0.2) is 0 Å². The van der Waals surface area contributed by atoms with Gasteiger partial charge in [-0.05, 0) is 37.3 Å². The molecule has 1 aliphatic rings. The summed E-state index contributed by atoms with van der Waals surface area (Å²) in [4.78, 5) is 12.1. The molecule has 1 aromatic rings. The van der Waals surface area contributed by atoms with E-state index in [9.17, 15) is 4.79 Å². The lowest BCUT2D eigenvalue weighted by Gasteiger charge is -2.44. The number of nitrogens with one attached hydrogen (secondary N) is 1. The standard InChI is InChI=1S/C16H24N2O/c1-11-6-8-14(9-7-11)18-16(15(17)19)10-4-5-12(2)13(16)3/h6-9,12-13,18H,4-5,10H2,1-3H3,(H2,17,19). The monoisotopic (exact) mass is 260 g/mol. The van der Waals surface area contributed by atoms with Crippen molar-refractivity contribution >= 4 is 11.6 Å². The second kappa shape index (κ2) is 5.24. The van der Waals surface area contributed by atoms with Gasteiger partial charge in [0.25, 0.3) is 0 Å². The summed E-state index contributed by atoms with van der Waals surface area (Å²) in [6, 6.07) is 8.14. The molecule has 3 heteroatoms. The molecular formula is C16H24N2O. The Balaban J connectivity index is 2.29. The lowest BCUT2D eigenvalue weighted by molar-refractivity contribution is -0.125. The third kappa shape index (κ3) is 2.60. The molecule has 2 rings (SSSR count). The number of nitrogens with two attached hydrogens (primary N) is 1. The molecule has 104 valence electrons. The SMILES string of the molecule is Cc1ccc(NC2(C(N)=O)CCCC(C)C2C)cc1. The van der Waals surface area contributed by atoms with Crippen LogP contribution < -0.4 is 11.1 Å². The highest BCUT2D eigenvalue weighted by Gasteiger charge is 2.46. The van der Waals surface area contributed by atoms with Gasteiger partial charge in [0.15, 0.2) is 0 Å². The Morgan fingerprint density at radius 3 is 2.53 bits per heavy atom. The minimum Gasteiger partial charge on any atom is -0.371 e. The fourth-order valence-corrected chi connectivity index (χ4v) is 3.15. The smallest absolute Gasteiger partial charge is 0.243 e. The zero-order chi connectivity index (χ0) is 14.0. The first kappa shape index (κ1) is 13.9. The van der Waals surface area contributed by atoms with Gasteiger partial charge >= 0.3 is 0 Å². The van der Waals surface area contributed by atoms with Crippen LogP contribution in [0.3, 0.4) is 0 Å². The molecule has 3 N–H and O–H groups in total. The minimum atomic E-state index is -0.604. The molecule has 3 unspecified atom stereocenters. The van der Waals surface area contributed by atoms with E-state index >= 15 is 0 Å². The molecular weight excluding hydrogens is 236 g/mol. The van der Waals surface area contributed by atoms with E-state index in [0.717, 1.165) is 18.5 Å². The van der Waals surface area contributed by atoms with Crippen molar-refractivity contribution in [3.63, 3.8) is 0 Å². The van der Waals surface area contributed by atoms with E-state index in [1.807, 2.05) is 24.3 Å². The summed E-state index contributed by atoms with van der Waals surface area (Å²) < 4.78 is 0. The predicted molar refractivity (Wildman–Crippen MR) is 78.9 cm³/mol. The summed E-state index contributed by atoms with van der Waals surface area (Å²) in [5.74, 6) is 0.534. The van der Waals surface area contributed by atoms with Gasteiger partial charge in [0, 0.05) is 5.69 Å². The Morgan fingerprint density at radius 1 is 1.32 bits per heavy atom. The molecule has 0 heterocycles. The van der Waals surface area contributed by atoms with Crippen molar-refractivity contribution in [2.24, 2.45) is 17.6 Å². The van der Waals surface area contributed by atoms with Crippen molar-refractivity contribution in [3.05, 3.63) is 29.8 Å². The lowest BCUT2D eigenvalue weighted by atomic mass is 9.67. The largest absolute Gasteiger partial charge is 0.371 e. The van der Waals surface area contributed by atoms with Gasteiger partial charge in [-0.3, -0.25) is 4.79 Å². The van der Waals surface area contributed by atoms with Crippen molar-refractivity contribution in [2.45, 2.75) is 45.6 Å². The van der Waals surface area contributed by atoms with E-state index in [4.69, 9.17) is 5.73 Å². The Morgan fingerprint density at radius 2 is 1.95 bits per heavy atom. The van der Waals surface area contributed by atoms with Crippen LogP contribution in [0.1, 0.15) is 38.7 Å². The van der Waals surface area contributed by atoms with Gasteiger partial charge in [-0.1, -0.05) is 44.4 Å². The Bertz CT molecular complexity index is 454. The summed E-state index contributed by atoms with van der Waals surface area (Å²) in [7, 11) is 0. The number of hydrogen-bond acceptors (Lipinski definition) is 2. The molecule has 3 nitrogen and oxygen atoms in total. The van der Waals surface area contributed by atoms with Gasteiger partial charge in [0.2, 0.25) is 5.91 Å². The van der Waals surface area contributed by atoms with Crippen LogP contribution in [-0.4, -0.2) is 11.4 Å². The van der Waals surface area contributed by atoms with Crippen LogP contribution in [0.2, 0.25) is 0 Å². The van der Waals surface area contributed by atoms with E-state index in [1.165, 1.54) is 12.0 Å². The van der Waals surface area contributed by atoms with Crippen LogP contribution in [0.15, 0.2) is 24.3 Å². The molecule has 0 aliphatic heterocycles. The number of rotatable bonds is 3. The fraction of sp³-hybridized carbons (Fsp3) is 0.562. The Hall–Kier alpha value is -1.51. The molecule has 0 saturated heterocycles. The third-order valence-electron chi connectivity index (χ3n) is 4.72. The summed E-state index contributed by atoms with van der Waals surface area (Å²) in [5, 5.41) is 3.43. The number of carbonyl (C=O) groups excluding carboxylic acids is 1. The van der Waals surface area contributed by atoms with Crippen molar-refractivity contribution in [2.75, 3.05) is 5.32 Å². The van der Waals surface area contributed by atoms with E-state index in [2.05, 4.69) is 26.1 Å². The van der Waals surface area contributed by atoms with E-state index in [0.29, 0.717) is 5.92 Å². The summed E-state index contributed by atoms with van der Waals surface area (Å²) in [6.45, 7) is 6.40. The van der Waals surface area contributed by atoms with Gasteiger partial charge in [0.1, 0.15) is 5.54 Å². The zero-order valence-electron chi connectivity index (χ0n) is 12.1. The first-order valence-corrected chi connectivity index (χ1v) is 7.10. The molecule has 3 atom stereocenters. The number of carbonyl (C=O) groups is 1. The molecule has 0 spiro atoms. The van der Waals surface area contributed by atoms with Crippen LogP contribution >= 0.6 is 0 Å². The maximum absolute atomic E-state index is 12.1. The maximum Gasteiger partial charge on any atom is 0.243 e. The summed E-state index contributed by atoms with van der Waals surface area (Å²) in [5.41, 5.74) is 7.32. The number of benzene rings is 1. The topological polar surface area (TPSA) is 55.1 Å². The minimum absolute atomic E-state index is 0.230. The lowest BCUT2D eigenvalue weighted by Crippen LogP contribution is -2.58. The van der Waals surface area contributed by atoms with E-state index < -0.39 is 5.54 Å². The molecule has 1 aliphatic carbocycles. The fourth-order valence-electron chi connectivity index (χ4n) is 3.15. The summed E-state index contributed by atoms with van der Waals surface area (Å²) >= 11 is 0. The highest BCUT2D eigenvalue weighted by molar-refractivity contribution is 5.88. The second-order valence-corrected chi connectivity index (χ2v) is 5.98. The van der Waals surface area contributed by atoms with Crippen LogP contribution in [0.4, 0.5) is 5.69 Å². The van der Waals surface area contributed by atoms with Crippen LogP contribution in [-0.2, 0) is 4.79 Å². The molecule has 1 fully saturated rings. The molecule has 1 saturated carbocycles. The van der Waals surface area contributed by atoms with Crippen molar-refractivity contribution in [1.29, 1.82) is 0 Å². The normalized spacial score (nSPS) is 30.9. The van der Waals surface area contributed by atoms with Gasteiger partial charge < -0.3 is 11.1 Å².